The van der Waals surface area contributed by atoms with Crippen molar-refractivity contribution in [3.63, 3.8) is 0 Å². The maximum absolute atomic E-state index is 12.9. The molecule has 0 saturated carbocycles. The van der Waals surface area contributed by atoms with Gasteiger partial charge in [-0.25, -0.2) is 4.98 Å². The van der Waals surface area contributed by atoms with Crippen LogP contribution in [-0.4, -0.2) is 29.2 Å². The number of fused-ring (bicyclic) bond motifs is 1. The molecule has 0 radical (unpaired) electrons. The van der Waals surface area contributed by atoms with Crippen molar-refractivity contribution in [3.8, 4) is 22.6 Å². The molecular formula is C24H19F2N3O4. The van der Waals surface area contributed by atoms with Gasteiger partial charge in [0.25, 0.3) is 5.56 Å². The molecule has 0 spiro atoms. The van der Waals surface area contributed by atoms with E-state index in [1.54, 1.807) is 48.5 Å². The number of hydrogen-bond acceptors (Lipinski definition) is 5. The van der Waals surface area contributed by atoms with E-state index in [9.17, 15) is 18.4 Å². The van der Waals surface area contributed by atoms with Gasteiger partial charge in [0.2, 0.25) is 5.91 Å². The SMILES string of the molecule is COc1ccc(-c2cc(NC(=O)Cn3c(=O)cnc4ccccc43)ccc2OC(F)F)cc1. The number of nitrogens with one attached hydrogen (secondary N) is 1. The molecule has 4 rings (SSSR count). The largest absolute Gasteiger partial charge is 0.497 e. The van der Waals surface area contributed by atoms with Crippen LogP contribution in [0.1, 0.15) is 0 Å². The molecule has 0 atom stereocenters. The standard InChI is InChI=1S/C24H19F2N3O4/c1-32-17-9-6-15(7-10-17)18-12-16(8-11-21(18)33-24(25)26)28-22(30)14-29-20-5-3-2-4-19(20)27-13-23(29)31/h2-13,24H,14H2,1H3,(H,28,30). The van der Waals surface area contributed by atoms with Crippen molar-refractivity contribution in [1.82, 2.24) is 9.55 Å². The summed E-state index contributed by atoms with van der Waals surface area (Å²) in [4.78, 5) is 29.1. The van der Waals surface area contributed by atoms with Crippen molar-refractivity contribution in [3.05, 3.63) is 83.3 Å². The molecular weight excluding hydrogens is 432 g/mol. The average Bonchev–Trinajstić information content (AvgIpc) is 2.81. The first kappa shape index (κ1) is 21.9. The molecule has 1 amide bonds. The summed E-state index contributed by atoms with van der Waals surface area (Å²) >= 11 is 0. The third kappa shape index (κ3) is 4.98. The van der Waals surface area contributed by atoms with Gasteiger partial charge < -0.3 is 14.8 Å². The maximum Gasteiger partial charge on any atom is 0.387 e. The number of para-hydroxylation sites is 2. The number of alkyl halides is 2. The van der Waals surface area contributed by atoms with Crippen molar-refractivity contribution < 1.29 is 23.0 Å². The van der Waals surface area contributed by atoms with E-state index in [1.165, 1.54) is 29.9 Å². The van der Waals surface area contributed by atoms with Gasteiger partial charge in [-0.2, -0.15) is 8.78 Å². The molecule has 0 saturated heterocycles. The number of carbonyl (C=O) groups excluding carboxylic acids is 1. The molecule has 7 nitrogen and oxygen atoms in total. The molecule has 1 heterocycles. The van der Waals surface area contributed by atoms with Crippen LogP contribution < -0.4 is 20.3 Å². The summed E-state index contributed by atoms with van der Waals surface area (Å²) in [6, 6.07) is 18.1. The van der Waals surface area contributed by atoms with Crippen LogP contribution in [-0.2, 0) is 11.3 Å². The summed E-state index contributed by atoms with van der Waals surface area (Å²) in [6.45, 7) is -3.25. The number of benzene rings is 3. The van der Waals surface area contributed by atoms with Crippen molar-refractivity contribution >= 4 is 22.6 Å². The molecule has 1 N–H and O–H groups in total. The topological polar surface area (TPSA) is 82.5 Å². The fraction of sp³-hybridized carbons (Fsp3) is 0.125. The maximum atomic E-state index is 12.9. The molecule has 0 unspecified atom stereocenters. The Morgan fingerprint density at radius 3 is 2.58 bits per heavy atom. The van der Waals surface area contributed by atoms with E-state index < -0.39 is 18.1 Å². The number of halogens is 2. The van der Waals surface area contributed by atoms with Crippen LogP contribution in [0.25, 0.3) is 22.2 Å². The van der Waals surface area contributed by atoms with Crippen LogP contribution in [0, 0.1) is 0 Å². The van der Waals surface area contributed by atoms with Gasteiger partial charge >= 0.3 is 6.61 Å². The number of rotatable bonds is 7. The van der Waals surface area contributed by atoms with Crippen LogP contribution in [0.2, 0.25) is 0 Å². The molecule has 0 aliphatic heterocycles. The van der Waals surface area contributed by atoms with Crippen LogP contribution in [0.5, 0.6) is 11.5 Å². The molecule has 4 aromatic rings. The Balaban J connectivity index is 1.62. The summed E-state index contributed by atoms with van der Waals surface area (Å²) < 4.78 is 36.9. The minimum Gasteiger partial charge on any atom is -0.497 e. The van der Waals surface area contributed by atoms with E-state index in [0.29, 0.717) is 33.6 Å². The van der Waals surface area contributed by atoms with Gasteiger partial charge in [0.15, 0.2) is 0 Å². The zero-order chi connectivity index (χ0) is 23.4. The second-order valence-corrected chi connectivity index (χ2v) is 7.04. The van der Waals surface area contributed by atoms with Gasteiger partial charge in [-0.15, -0.1) is 0 Å². The highest BCUT2D eigenvalue weighted by molar-refractivity contribution is 5.92. The molecule has 0 aliphatic rings. The number of nitrogens with zero attached hydrogens (tertiary/aromatic N) is 2. The lowest BCUT2D eigenvalue weighted by Gasteiger charge is -2.14. The Morgan fingerprint density at radius 1 is 1.09 bits per heavy atom. The fourth-order valence-electron chi connectivity index (χ4n) is 3.42. The third-order valence-corrected chi connectivity index (χ3v) is 4.93. The van der Waals surface area contributed by atoms with Crippen LogP contribution in [0.3, 0.4) is 0 Å². The Kier molecular flexibility index (Phi) is 6.30. The predicted molar refractivity (Wildman–Crippen MR) is 120 cm³/mol. The van der Waals surface area contributed by atoms with E-state index >= 15 is 0 Å². The molecule has 0 aliphatic carbocycles. The minimum atomic E-state index is -3.01. The Morgan fingerprint density at radius 2 is 1.85 bits per heavy atom. The minimum absolute atomic E-state index is 0.0375. The summed E-state index contributed by atoms with van der Waals surface area (Å²) in [5.41, 5.74) is 2.02. The summed E-state index contributed by atoms with van der Waals surface area (Å²) in [5, 5.41) is 2.71. The van der Waals surface area contributed by atoms with Gasteiger partial charge in [0, 0.05) is 11.3 Å². The highest BCUT2D eigenvalue weighted by atomic mass is 19.3. The number of methoxy groups -OCH3 is 1. The first-order chi connectivity index (χ1) is 15.9. The zero-order valence-electron chi connectivity index (χ0n) is 17.5. The van der Waals surface area contributed by atoms with E-state index in [2.05, 4.69) is 15.0 Å². The molecule has 0 fully saturated rings. The fourth-order valence-corrected chi connectivity index (χ4v) is 3.42. The quantitative estimate of drug-likeness (QED) is 0.453. The van der Waals surface area contributed by atoms with E-state index in [4.69, 9.17) is 4.74 Å². The van der Waals surface area contributed by atoms with Gasteiger partial charge in [-0.1, -0.05) is 24.3 Å². The van der Waals surface area contributed by atoms with Crippen molar-refractivity contribution in [2.45, 2.75) is 13.2 Å². The molecule has 168 valence electrons. The molecule has 33 heavy (non-hydrogen) atoms. The lowest BCUT2D eigenvalue weighted by molar-refractivity contribution is -0.116. The van der Waals surface area contributed by atoms with Gasteiger partial charge in [-0.3, -0.25) is 14.2 Å². The molecule has 9 heteroatoms. The Labute approximate surface area is 187 Å². The lowest BCUT2D eigenvalue weighted by Crippen LogP contribution is -2.28. The highest BCUT2D eigenvalue weighted by Gasteiger charge is 2.15. The van der Waals surface area contributed by atoms with Gasteiger partial charge in [0.1, 0.15) is 18.0 Å². The highest BCUT2D eigenvalue weighted by Crippen LogP contribution is 2.34. The Bertz CT molecular complexity index is 1350. The van der Waals surface area contributed by atoms with Gasteiger partial charge in [-0.05, 0) is 48.0 Å². The number of ether oxygens (including phenoxy) is 2. The smallest absolute Gasteiger partial charge is 0.387 e. The number of aromatic nitrogens is 2. The predicted octanol–water partition coefficient (Wildman–Crippen LogP) is 4.31. The number of amides is 1. The van der Waals surface area contributed by atoms with Crippen LogP contribution >= 0.6 is 0 Å². The van der Waals surface area contributed by atoms with E-state index in [1.807, 2.05) is 0 Å². The third-order valence-electron chi connectivity index (χ3n) is 4.93. The first-order valence-electron chi connectivity index (χ1n) is 9.92. The van der Waals surface area contributed by atoms with Crippen LogP contribution in [0.4, 0.5) is 14.5 Å². The second-order valence-electron chi connectivity index (χ2n) is 7.04. The first-order valence-corrected chi connectivity index (χ1v) is 9.92. The summed E-state index contributed by atoms with van der Waals surface area (Å²) in [7, 11) is 1.52. The molecule has 0 bridgehead atoms. The number of carbonyl (C=O) groups is 1. The van der Waals surface area contributed by atoms with Crippen molar-refractivity contribution in [2.75, 3.05) is 12.4 Å². The lowest BCUT2D eigenvalue weighted by atomic mass is 10.0. The van der Waals surface area contributed by atoms with Gasteiger partial charge in [0.05, 0.1) is 24.3 Å². The molecule has 3 aromatic carbocycles. The number of anilines is 1. The van der Waals surface area contributed by atoms with E-state index in [-0.39, 0.29) is 12.3 Å². The monoisotopic (exact) mass is 451 g/mol. The average molecular weight is 451 g/mol. The van der Waals surface area contributed by atoms with E-state index in [0.717, 1.165) is 6.20 Å². The van der Waals surface area contributed by atoms with Crippen molar-refractivity contribution in [2.24, 2.45) is 0 Å². The van der Waals surface area contributed by atoms with Crippen molar-refractivity contribution in [1.29, 1.82) is 0 Å². The normalized spacial score (nSPS) is 10.9. The Hall–Kier alpha value is -4.27. The number of hydrogen-bond donors (Lipinski definition) is 1. The van der Waals surface area contributed by atoms with Crippen LogP contribution in [0.15, 0.2) is 77.7 Å². The molecule has 1 aromatic heterocycles. The summed E-state index contributed by atoms with van der Waals surface area (Å²) in [6.07, 6.45) is 1.16. The zero-order valence-corrected chi connectivity index (χ0v) is 17.5. The summed E-state index contributed by atoms with van der Waals surface area (Å²) in [5.74, 6) is 0.107. The second kappa shape index (κ2) is 9.47.